The summed E-state index contributed by atoms with van der Waals surface area (Å²) in [7, 11) is 0. The molecule has 1 heterocycles. The van der Waals surface area contributed by atoms with Gasteiger partial charge in [0.05, 0.1) is 17.9 Å². The molecule has 0 saturated heterocycles. The highest BCUT2D eigenvalue weighted by Gasteiger charge is 2.10. The van der Waals surface area contributed by atoms with E-state index in [9.17, 15) is 0 Å². The molecule has 1 aromatic carbocycles. The molecule has 2 rings (SSSR count). The molecular weight excluding hydrogens is 200 g/mol. The van der Waals surface area contributed by atoms with Crippen molar-refractivity contribution in [3.63, 3.8) is 0 Å². The summed E-state index contributed by atoms with van der Waals surface area (Å²) in [6, 6.07) is 9.95. The predicted molar refractivity (Wildman–Crippen MR) is 64.6 cm³/mol. The Bertz CT molecular complexity index is 456. The second-order valence-electron chi connectivity index (χ2n) is 4.14. The second-order valence-corrected chi connectivity index (χ2v) is 4.14. The summed E-state index contributed by atoms with van der Waals surface area (Å²) < 4.78 is 11.2. The van der Waals surface area contributed by atoms with Crippen molar-refractivity contribution in [2.75, 3.05) is 0 Å². The fourth-order valence-corrected chi connectivity index (χ4v) is 1.62. The minimum Gasteiger partial charge on any atom is -0.490 e. The lowest BCUT2D eigenvalue weighted by Crippen LogP contribution is -2.06. The van der Waals surface area contributed by atoms with Gasteiger partial charge in [-0.05, 0) is 45.0 Å². The second kappa shape index (κ2) is 4.44. The quantitative estimate of drug-likeness (QED) is 0.772. The van der Waals surface area contributed by atoms with Crippen LogP contribution in [0.5, 0.6) is 5.75 Å². The SMILES string of the molecule is Cc1ccc(OC(C)C)c(-c2ccco2)c1. The topological polar surface area (TPSA) is 22.4 Å². The van der Waals surface area contributed by atoms with E-state index in [2.05, 4.69) is 13.0 Å². The van der Waals surface area contributed by atoms with E-state index in [0.717, 1.165) is 17.1 Å². The van der Waals surface area contributed by atoms with Crippen LogP contribution >= 0.6 is 0 Å². The number of hydrogen-bond donors (Lipinski definition) is 0. The number of aryl methyl sites for hydroxylation is 1. The van der Waals surface area contributed by atoms with Gasteiger partial charge in [0.15, 0.2) is 0 Å². The molecule has 0 radical (unpaired) electrons. The van der Waals surface area contributed by atoms with Crippen LogP contribution in [0.1, 0.15) is 19.4 Å². The highest BCUT2D eigenvalue weighted by molar-refractivity contribution is 5.66. The van der Waals surface area contributed by atoms with Gasteiger partial charge in [-0.3, -0.25) is 0 Å². The smallest absolute Gasteiger partial charge is 0.137 e. The van der Waals surface area contributed by atoms with Crippen LogP contribution in [0.4, 0.5) is 0 Å². The highest BCUT2D eigenvalue weighted by Crippen LogP contribution is 2.31. The first-order valence-corrected chi connectivity index (χ1v) is 5.48. The molecule has 2 aromatic rings. The van der Waals surface area contributed by atoms with Gasteiger partial charge >= 0.3 is 0 Å². The van der Waals surface area contributed by atoms with Crippen molar-refractivity contribution in [2.24, 2.45) is 0 Å². The number of benzene rings is 1. The lowest BCUT2D eigenvalue weighted by molar-refractivity contribution is 0.243. The van der Waals surface area contributed by atoms with E-state index in [4.69, 9.17) is 9.15 Å². The van der Waals surface area contributed by atoms with Gasteiger partial charge in [0.2, 0.25) is 0 Å². The Morgan fingerprint density at radius 1 is 1.19 bits per heavy atom. The van der Waals surface area contributed by atoms with Crippen LogP contribution in [0.2, 0.25) is 0 Å². The monoisotopic (exact) mass is 216 g/mol. The zero-order valence-corrected chi connectivity index (χ0v) is 9.86. The van der Waals surface area contributed by atoms with Crippen LogP contribution in [0.3, 0.4) is 0 Å². The highest BCUT2D eigenvalue weighted by atomic mass is 16.5. The lowest BCUT2D eigenvalue weighted by Gasteiger charge is -2.13. The molecule has 0 aliphatic heterocycles. The molecule has 2 nitrogen and oxygen atoms in total. The third-order valence-corrected chi connectivity index (χ3v) is 2.28. The Balaban J connectivity index is 2.45. The fraction of sp³-hybridized carbons (Fsp3) is 0.286. The first-order chi connectivity index (χ1) is 7.66. The molecular formula is C14H16O2. The minimum absolute atomic E-state index is 0.163. The Morgan fingerprint density at radius 3 is 2.62 bits per heavy atom. The maximum Gasteiger partial charge on any atom is 0.137 e. The summed E-state index contributed by atoms with van der Waals surface area (Å²) in [5.41, 5.74) is 2.21. The molecule has 0 spiro atoms. The first-order valence-electron chi connectivity index (χ1n) is 5.48. The van der Waals surface area contributed by atoms with Crippen LogP contribution in [0, 0.1) is 6.92 Å². The van der Waals surface area contributed by atoms with Gasteiger partial charge in [0.1, 0.15) is 11.5 Å². The van der Waals surface area contributed by atoms with E-state index in [-0.39, 0.29) is 6.10 Å². The third kappa shape index (κ3) is 2.27. The Kier molecular flexibility index (Phi) is 3.00. The number of ether oxygens (including phenoxy) is 1. The van der Waals surface area contributed by atoms with Gasteiger partial charge in [-0.2, -0.15) is 0 Å². The number of hydrogen-bond acceptors (Lipinski definition) is 2. The van der Waals surface area contributed by atoms with E-state index in [1.54, 1.807) is 6.26 Å². The fourth-order valence-electron chi connectivity index (χ4n) is 1.62. The molecule has 1 aromatic heterocycles. The maximum absolute atomic E-state index is 5.76. The summed E-state index contributed by atoms with van der Waals surface area (Å²) in [4.78, 5) is 0. The number of rotatable bonds is 3. The summed E-state index contributed by atoms with van der Waals surface area (Å²) in [5.74, 6) is 1.72. The minimum atomic E-state index is 0.163. The average molecular weight is 216 g/mol. The predicted octanol–water partition coefficient (Wildman–Crippen LogP) is 4.04. The molecule has 0 fully saturated rings. The van der Waals surface area contributed by atoms with E-state index >= 15 is 0 Å². The number of furan rings is 1. The lowest BCUT2D eigenvalue weighted by atomic mass is 10.1. The third-order valence-electron chi connectivity index (χ3n) is 2.28. The summed E-state index contributed by atoms with van der Waals surface area (Å²) in [6.07, 6.45) is 1.84. The molecule has 0 N–H and O–H groups in total. The largest absolute Gasteiger partial charge is 0.490 e. The van der Waals surface area contributed by atoms with Crippen molar-refractivity contribution in [1.82, 2.24) is 0 Å². The normalized spacial score (nSPS) is 10.8. The van der Waals surface area contributed by atoms with Crippen LogP contribution in [-0.4, -0.2) is 6.10 Å². The summed E-state index contributed by atoms with van der Waals surface area (Å²) in [5, 5.41) is 0. The molecule has 0 amide bonds. The van der Waals surface area contributed by atoms with Crippen molar-refractivity contribution in [3.8, 4) is 17.1 Å². The van der Waals surface area contributed by atoms with Crippen LogP contribution in [0.25, 0.3) is 11.3 Å². The average Bonchev–Trinajstić information content (AvgIpc) is 2.73. The molecule has 2 heteroatoms. The van der Waals surface area contributed by atoms with E-state index in [0.29, 0.717) is 0 Å². The van der Waals surface area contributed by atoms with Gasteiger partial charge in [-0.25, -0.2) is 0 Å². The molecule has 0 aliphatic rings. The summed E-state index contributed by atoms with van der Waals surface area (Å²) in [6.45, 7) is 6.10. The van der Waals surface area contributed by atoms with Gasteiger partial charge in [-0.15, -0.1) is 0 Å². The maximum atomic E-state index is 5.76. The zero-order valence-electron chi connectivity index (χ0n) is 9.86. The first kappa shape index (κ1) is 10.8. The van der Waals surface area contributed by atoms with Gasteiger partial charge < -0.3 is 9.15 Å². The van der Waals surface area contributed by atoms with Gasteiger partial charge in [0, 0.05) is 0 Å². The molecule has 0 unspecified atom stereocenters. The van der Waals surface area contributed by atoms with E-state index < -0.39 is 0 Å². The Morgan fingerprint density at radius 2 is 2.00 bits per heavy atom. The molecule has 0 aliphatic carbocycles. The van der Waals surface area contributed by atoms with Crippen molar-refractivity contribution in [1.29, 1.82) is 0 Å². The summed E-state index contributed by atoms with van der Waals surface area (Å²) >= 11 is 0. The van der Waals surface area contributed by atoms with Crippen molar-refractivity contribution < 1.29 is 9.15 Å². The molecule has 0 atom stereocenters. The molecule has 84 valence electrons. The van der Waals surface area contributed by atoms with Crippen LogP contribution < -0.4 is 4.74 Å². The zero-order chi connectivity index (χ0) is 11.5. The van der Waals surface area contributed by atoms with Crippen molar-refractivity contribution in [2.45, 2.75) is 26.9 Å². The van der Waals surface area contributed by atoms with Crippen LogP contribution in [0.15, 0.2) is 41.0 Å². The Hall–Kier alpha value is -1.70. The van der Waals surface area contributed by atoms with Gasteiger partial charge in [0.25, 0.3) is 0 Å². The van der Waals surface area contributed by atoms with E-state index in [1.807, 2.05) is 38.1 Å². The standard InChI is InChI=1S/C14H16O2/c1-10(2)16-14-7-6-11(3)9-12(14)13-5-4-8-15-13/h4-10H,1-3H3. The molecule has 0 bridgehead atoms. The molecule has 16 heavy (non-hydrogen) atoms. The van der Waals surface area contributed by atoms with Crippen molar-refractivity contribution >= 4 is 0 Å². The Labute approximate surface area is 95.9 Å². The molecule has 0 saturated carbocycles. The van der Waals surface area contributed by atoms with Crippen molar-refractivity contribution in [3.05, 3.63) is 42.2 Å². The van der Waals surface area contributed by atoms with Gasteiger partial charge in [-0.1, -0.05) is 11.6 Å². The van der Waals surface area contributed by atoms with Crippen LogP contribution in [-0.2, 0) is 0 Å². The van der Waals surface area contributed by atoms with E-state index in [1.165, 1.54) is 5.56 Å².